The summed E-state index contributed by atoms with van der Waals surface area (Å²) in [6.45, 7) is 6.21. The maximum absolute atomic E-state index is 12.4. The van der Waals surface area contributed by atoms with Crippen molar-refractivity contribution in [3.63, 3.8) is 0 Å². The van der Waals surface area contributed by atoms with Gasteiger partial charge < -0.3 is 14.6 Å². The first-order valence-electron chi connectivity index (χ1n) is 12.0. The SMILES string of the molecule is Cc1ccc(C)c(OCCn2c(CCCNC(=O)C3CCCCC3)nc3ccccc32)c1. The number of carbonyl (C=O) groups excluding carboxylic acids is 1. The summed E-state index contributed by atoms with van der Waals surface area (Å²) >= 11 is 0. The lowest BCUT2D eigenvalue weighted by molar-refractivity contribution is -0.125. The van der Waals surface area contributed by atoms with Crippen LogP contribution in [0.4, 0.5) is 0 Å². The van der Waals surface area contributed by atoms with Crippen molar-refractivity contribution in [1.82, 2.24) is 14.9 Å². The fourth-order valence-corrected chi connectivity index (χ4v) is 4.64. The van der Waals surface area contributed by atoms with Crippen molar-refractivity contribution < 1.29 is 9.53 Å². The molecule has 3 aromatic rings. The van der Waals surface area contributed by atoms with Gasteiger partial charge in [0.2, 0.25) is 5.91 Å². The fourth-order valence-electron chi connectivity index (χ4n) is 4.64. The molecular weight excluding hydrogens is 398 g/mol. The summed E-state index contributed by atoms with van der Waals surface area (Å²) in [5.41, 5.74) is 4.51. The molecule has 1 amide bonds. The van der Waals surface area contributed by atoms with Crippen molar-refractivity contribution in [1.29, 1.82) is 0 Å². The average molecular weight is 434 g/mol. The van der Waals surface area contributed by atoms with E-state index in [4.69, 9.17) is 9.72 Å². The number of aromatic nitrogens is 2. The molecule has 2 aromatic carbocycles. The first-order valence-corrected chi connectivity index (χ1v) is 12.0. The number of ether oxygens (including phenoxy) is 1. The number of carbonyl (C=O) groups is 1. The second-order valence-corrected chi connectivity index (χ2v) is 9.02. The third-order valence-corrected chi connectivity index (χ3v) is 6.50. The number of rotatable bonds is 9. The Morgan fingerprint density at radius 3 is 2.78 bits per heavy atom. The molecule has 32 heavy (non-hydrogen) atoms. The number of amides is 1. The number of nitrogens with zero attached hydrogens (tertiary/aromatic N) is 2. The highest BCUT2D eigenvalue weighted by Crippen LogP contribution is 2.24. The highest BCUT2D eigenvalue weighted by Gasteiger charge is 2.20. The molecule has 0 spiro atoms. The molecule has 0 atom stereocenters. The summed E-state index contributed by atoms with van der Waals surface area (Å²) in [6, 6.07) is 14.6. The number of para-hydroxylation sites is 2. The molecule has 1 heterocycles. The zero-order valence-corrected chi connectivity index (χ0v) is 19.4. The Bertz CT molecular complexity index is 1050. The molecule has 1 aliphatic carbocycles. The molecule has 0 unspecified atom stereocenters. The lowest BCUT2D eigenvalue weighted by Crippen LogP contribution is -2.32. The summed E-state index contributed by atoms with van der Waals surface area (Å²) in [4.78, 5) is 17.3. The van der Waals surface area contributed by atoms with Gasteiger partial charge in [-0.3, -0.25) is 4.79 Å². The van der Waals surface area contributed by atoms with Crippen LogP contribution in [-0.4, -0.2) is 28.6 Å². The van der Waals surface area contributed by atoms with Gasteiger partial charge >= 0.3 is 0 Å². The lowest BCUT2D eigenvalue weighted by atomic mass is 9.89. The molecule has 0 aliphatic heterocycles. The Hall–Kier alpha value is -2.82. The summed E-state index contributed by atoms with van der Waals surface area (Å²) in [5.74, 6) is 2.46. The predicted molar refractivity (Wildman–Crippen MR) is 129 cm³/mol. The van der Waals surface area contributed by atoms with Crippen LogP contribution in [0.3, 0.4) is 0 Å². The van der Waals surface area contributed by atoms with Crippen LogP contribution in [-0.2, 0) is 17.8 Å². The zero-order chi connectivity index (χ0) is 22.3. The Balaban J connectivity index is 1.35. The van der Waals surface area contributed by atoms with Gasteiger partial charge in [-0.05, 0) is 62.4 Å². The van der Waals surface area contributed by atoms with E-state index in [9.17, 15) is 4.79 Å². The van der Waals surface area contributed by atoms with Crippen LogP contribution in [0.1, 0.15) is 55.5 Å². The fraction of sp³-hybridized carbons (Fsp3) is 0.481. The molecule has 1 aromatic heterocycles. The van der Waals surface area contributed by atoms with E-state index in [1.807, 2.05) is 6.07 Å². The molecule has 5 heteroatoms. The number of imidazole rings is 1. The van der Waals surface area contributed by atoms with E-state index in [0.717, 1.165) is 60.4 Å². The molecule has 1 N–H and O–H groups in total. The third kappa shape index (κ3) is 5.50. The highest BCUT2D eigenvalue weighted by molar-refractivity contribution is 5.78. The molecule has 5 nitrogen and oxygen atoms in total. The minimum absolute atomic E-state index is 0.218. The van der Waals surface area contributed by atoms with Crippen molar-refractivity contribution in [2.75, 3.05) is 13.2 Å². The number of hydrogen-bond acceptors (Lipinski definition) is 3. The van der Waals surface area contributed by atoms with Gasteiger partial charge in [-0.1, -0.05) is 43.5 Å². The Kier molecular flexibility index (Phi) is 7.46. The molecule has 1 saturated carbocycles. The van der Waals surface area contributed by atoms with Gasteiger partial charge in [0.05, 0.1) is 17.6 Å². The van der Waals surface area contributed by atoms with E-state index in [1.54, 1.807) is 0 Å². The lowest BCUT2D eigenvalue weighted by Gasteiger charge is -2.20. The van der Waals surface area contributed by atoms with Crippen LogP contribution < -0.4 is 10.1 Å². The number of aryl methyl sites for hydroxylation is 3. The van der Waals surface area contributed by atoms with E-state index in [0.29, 0.717) is 13.2 Å². The molecule has 0 radical (unpaired) electrons. The maximum atomic E-state index is 12.4. The van der Waals surface area contributed by atoms with Crippen LogP contribution >= 0.6 is 0 Å². The van der Waals surface area contributed by atoms with Crippen LogP contribution in [0.15, 0.2) is 42.5 Å². The first kappa shape index (κ1) is 22.4. The van der Waals surface area contributed by atoms with Crippen LogP contribution in [0.25, 0.3) is 11.0 Å². The second kappa shape index (κ2) is 10.7. The topological polar surface area (TPSA) is 56.1 Å². The smallest absolute Gasteiger partial charge is 0.223 e. The van der Waals surface area contributed by atoms with Gasteiger partial charge in [0.15, 0.2) is 0 Å². The standard InChI is InChI=1S/C27H35N3O2/c1-20-14-15-21(2)25(19-20)32-18-17-30-24-12-7-6-11-23(24)29-26(30)13-8-16-28-27(31)22-9-4-3-5-10-22/h6-7,11-12,14-15,19,22H,3-5,8-10,13,16-18H2,1-2H3,(H,28,31). The van der Waals surface area contributed by atoms with E-state index < -0.39 is 0 Å². The van der Waals surface area contributed by atoms with E-state index in [2.05, 4.69) is 60.1 Å². The van der Waals surface area contributed by atoms with Gasteiger partial charge in [-0.25, -0.2) is 4.98 Å². The molecule has 0 saturated heterocycles. The predicted octanol–water partition coefficient (Wildman–Crippen LogP) is 5.36. The van der Waals surface area contributed by atoms with Gasteiger partial charge in [-0.15, -0.1) is 0 Å². The maximum Gasteiger partial charge on any atom is 0.223 e. The van der Waals surface area contributed by atoms with Gasteiger partial charge in [-0.2, -0.15) is 0 Å². The Morgan fingerprint density at radius 2 is 1.94 bits per heavy atom. The van der Waals surface area contributed by atoms with E-state index in [-0.39, 0.29) is 11.8 Å². The molecule has 4 rings (SSSR count). The monoisotopic (exact) mass is 433 g/mol. The highest BCUT2D eigenvalue weighted by atomic mass is 16.5. The summed E-state index contributed by atoms with van der Waals surface area (Å²) < 4.78 is 8.38. The second-order valence-electron chi connectivity index (χ2n) is 9.02. The normalized spacial score (nSPS) is 14.6. The Morgan fingerprint density at radius 1 is 1.12 bits per heavy atom. The van der Waals surface area contributed by atoms with Crippen molar-refractivity contribution in [3.8, 4) is 5.75 Å². The Labute approximate surface area is 191 Å². The average Bonchev–Trinajstić information content (AvgIpc) is 3.17. The van der Waals surface area contributed by atoms with E-state index >= 15 is 0 Å². The largest absolute Gasteiger partial charge is 0.491 e. The van der Waals surface area contributed by atoms with Crippen LogP contribution in [0.2, 0.25) is 0 Å². The van der Waals surface area contributed by atoms with Gasteiger partial charge in [0, 0.05) is 18.9 Å². The number of hydrogen-bond donors (Lipinski definition) is 1. The van der Waals surface area contributed by atoms with Gasteiger partial charge in [0.1, 0.15) is 18.2 Å². The van der Waals surface area contributed by atoms with Crippen LogP contribution in [0.5, 0.6) is 5.75 Å². The summed E-state index contributed by atoms with van der Waals surface area (Å²) in [6.07, 6.45) is 7.46. The van der Waals surface area contributed by atoms with E-state index in [1.165, 1.54) is 24.8 Å². The van der Waals surface area contributed by atoms with Crippen molar-refractivity contribution >= 4 is 16.9 Å². The van der Waals surface area contributed by atoms with Crippen molar-refractivity contribution in [3.05, 3.63) is 59.4 Å². The minimum atomic E-state index is 0.218. The molecule has 170 valence electrons. The molecular formula is C27H35N3O2. The third-order valence-electron chi connectivity index (χ3n) is 6.50. The van der Waals surface area contributed by atoms with Crippen molar-refractivity contribution in [2.24, 2.45) is 5.92 Å². The first-order chi connectivity index (χ1) is 15.6. The zero-order valence-electron chi connectivity index (χ0n) is 19.4. The van der Waals surface area contributed by atoms with Crippen LogP contribution in [0, 0.1) is 19.8 Å². The number of benzene rings is 2. The van der Waals surface area contributed by atoms with Gasteiger partial charge in [0.25, 0.3) is 0 Å². The van der Waals surface area contributed by atoms with Crippen molar-refractivity contribution in [2.45, 2.75) is 65.3 Å². The quantitative estimate of drug-likeness (QED) is 0.462. The summed E-state index contributed by atoms with van der Waals surface area (Å²) in [7, 11) is 0. The number of nitrogens with one attached hydrogen (secondary N) is 1. The molecule has 0 bridgehead atoms. The molecule has 1 aliphatic rings. The summed E-state index contributed by atoms with van der Waals surface area (Å²) in [5, 5.41) is 3.15. The molecule has 1 fully saturated rings. The minimum Gasteiger partial charge on any atom is -0.491 e. The number of fused-ring (bicyclic) bond motifs is 1.